The first-order valence-corrected chi connectivity index (χ1v) is 10.9. The van der Waals surface area contributed by atoms with Crippen molar-refractivity contribution >= 4 is 33.3 Å². The van der Waals surface area contributed by atoms with Crippen molar-refractivity contribution in [1.29, 1.82) is 0 Å². The van der Waals surface area contributed by atoms with Gasteiger partial charge in [-0.2, -0.15) is 0 Å². The number of carbonyl (C=O) groups is 1. The summed E-state index contributed by atoms with van der Waals surface area (Å²) in [7, 11) is 1.64. The molecule has 162 valence electrons. The highest BCUT2D eigenvalue weighted by molar-refractivity contribution is 6.15. The lowest BCUT2D eigenvalue weighted by Gasteiger charge is -2.14. The third-order valence-corrected chi connectivity index (χ3v) is 5.90. The SMILES string of the molecule is COc1cccc(-c2cc(C(=O)Nc3cccc4ccccc34)c3cc(C)cc(C)c3n2)c1. The summed E-state index contributed by atoms with van der Waals surface area (Å²) >= 11 is 0. The first-order valence-electron chi connectivity index (χ1n) is 10.9. The quantitative estimate of drug-likeness (QED) is 0.335. The van der Waals surface area contributed by atoms with E-state index in [1.165, 1.54) is 0 Å². The molecule has 1 heterocycles. The van der Waals surface area contributed by atoms with Crippen molar-refractivity contribution in [3.63, 3.8) is 0 Å². The Hall–Kier alpha value is -4.18. The van der Waals surface area contributed by atoms with Gasteiger partial charge in [0.05, 0.1) is 23.9 Å². The zero-order valence-corrected chi connectivity index (χ0v) is 18.8. The molecule has 4 heteroatoms. The van der Waals surface area contributed by atoms with Gasteiger partial charge in [0.2, 0.25) is 0 Å². The van der Waals surface area contributed by atoms with Gasteiger partial charge in [-0.15, -0.1) is 0 Å². The standard InChI is InChI=1S/C29H24N2O2/c1-18-14-19(2)28-24(15-18)25(17-27(30-28)21-10-6-11-22(16-21)33-3)29(32)31-26-13-7-9-20-8-4-5-12-23(20)26/h4-17H,1-3H3,(H,31,32). The van der Waals surface area contributed by atoms with E-state index >= 15 is 0 Å². The molecule has 0 radical (unpaired) electrons. The second-order valence-electron chi connectivity index (χ2n) is 8.25. The maximum Gasteiger partial charge on any atom is 0.256 e. The molecule has 4 nitrogen and oxygen atoms in total. The van der Waals surface area contributed by atoms with E-state index in [9.17, 15) is 4.79 Å². The second-order valence-corrected chi connectivity index (χ2v) is 8.25. The smallest absolute Gasteiger partial charge is 0.256 e. The lowest BCUT2D eigenvalue weighted by Crippen LogP contribution is -2.13. The predicted molar refractivity (Wildman–Crippen MR) is 135 cm³/mol. The highest BCUT2D eigenvalue weighted by Crippen LogP contribution is 2.31. The van der Waals surface area contributed by atoms with Crippen LogP contribution in [0.4, 0.5) is 5.69 Å². The number of ether oxygens (including phenoxy) is 1. The molecule has 0 aliphatic rings. The summed E-state index contributed by atoms with van der Waals surface area (Å²) in [6.07, 6.45) is 0. The van der Waals surface area contributed by atoms with Crippen LogP contribution in [0, 0.1) is 13.8 Å². The van der Waals surface area contributed by atoms with E-state index in [1.807, 2.05) is 92.7 Å². The lowest BCUT2D eigenvalue weighted by atomic mass is 9.99. The molecule has 0 bridgehead atoms. The molecule has 0 aliphatic heterocycles. The Bertz CT molecular complexity index is 1520. The molecule has 0 aliphatic carbocycles. The van der Waals surface area contributed by atoms with Gasteiger partial charge in [-0.25, -0.2) is 4.98 Å². The number of carbonyl (C=O) groups excluding carboxylic acids is 1. The third-order valence-electron chi connectivity index (χ3n) is 5.90. The third kappa shape index (κ3) is 3.92. The lowest BCUT2D eigenvalue weighted by molar-refractivity contribution is 0.102. The summed E-state index contributed by atoms with van der Waals surface area (Å²) in [5, 5.41) is 6.08. The van der Waals surface area contributed by atoms with Crippen LogP contribution in [0.25, 0.3) is 32.9 Å². The van der Waals surface area contributed by atoms with Gasteiger partial charge in [0.15, 0.2) is 0 Å². The highest BCUT2D eigenvalue weighted by Gasteiger charge is 2.17. The van der Waals surface area contributed by atoms with E-state index in [2.05, 4.69) is 11.4 Å². The average Bonchev–Trinajstić information content (AvgIpc) is 2.83. The number of anilines is 1. The molecule has 1 amide bonds. The maximum atomic E-state index is 13.6. The first-order chi connectivity index (χ1) is 16.0. The van der Waals surface area contributed by atoms with Gasteiger partial charge >= 0.3 is 0 Å². The minimum absolute atomic E-state index is 0.159. The average molecular weight is 433 g/mol. The zero-order chi connectivity index (χ0) is 22.9. The van der Waals surface area contributed by atoms with Gasteiger partial charge in [0, 0.05) is 22.0 Å². The molecule has 0 saturated carbocycles. The van der Waals surface area contributed by atoms with E-state index in [0.717, 1.165) is 55.5 Å². The molecular weight excluding hydrogens is 408 g/mol. The molecular formula is C29H24N2O2. The number of nitrogens with zero attached hydrogens (tertiary/aromatic N) is 1. The topological polar surface area (TPSA) is 51.2 Å². The Morgan fingerprint density at radius 2 is 1.64 bits per heavy atom. The minimum Gasteiger partial charge on any atom is -0.497 e. The van der Waals surface area contributed by atoms with E-state index < -0.39 is 0 Å². The number of hydrogen-bond donors (Lipinski definition) is 1. The maximum absolute atomic E-state index is 13.6. The summed E-state index contributed by atoms with van der Waals surface area (Å²) in [4.78, 5) is 18.6. The van der Waals surface area contributed by atoms with Crippen molar-refractivity contribution in [3.8, 4) is 17.0 Å². The fourth-order valence-corrected chi connectivity index (χ4v) is 4.32. The zero-order valence-electron chi connectivity index (χ0n) is 18.8. The van der Waals surface area contributed by atoms with E-state index in [1.54, 1.807) is 7.11 Å². The number of benzene rings is 4. The molecule has 5 rings (SSSR count). The van der Waals surface area contributed by atoms with Gasteiger partial charge in [-0.3, -0.25) is 4.79 Å². The fraction of sp³-hybridized carbons (Fsp3) is 0.103. The summed E-state index contributed by atoms with van der Waals surface area (Å²) in [5.74, 6) is 0.588. The Morgan fingerprint density at radius 1 is 0.848 bits per heavy atom. The Labute approximate surface area is 192 Å². The Kier molecular flexibility index (Phi) is 5.27. The largest absolute Gasteiger partial charge is 0.497 e. The highest BCUT2D eigenvalue weighted by atomic mass is 16.5. The van der Waals surface area contributed by atoms with Crippen LogP contribution in [-0.2, 0) is 0 Å². The summed E-state index contributed by atoms with van der Waals surface area (Å²) in [5.41, 5.74) is 5.97. The fourth-order valence-electron chi connectivity index (χ4n) is 4.32. The van der Waals surface area contributed by atoms with Gasteiger partial charge in [0.1, 0.15) is 5.75 Å². The Morgan fingerprint density at radius 3 is 2.48 bits per heavy atom. The van der Waals surface area contributed by atoms with Gasteiger partial charge in [-0.1, -0.05) is 60.2 Å². The molecule has 1 N–H and O–H groups in total. The molecule has 0 atom stereocenters. The molecule has 1 aromatic heterocycles. The molecule has 0 spiro atoms. The van der Waals surface area contributed by atoms with Crippen LogP contribution in [0.2, 0.25) is 0 Å². The van der Waals surface area contributed by atoms with E-state index in [-0.39, 0.29) is 5.91 Å². The normalized spacial score (nSPS) is 11.0. The summed E-state index contributed by atoms with van der Waals surface area (Å²) in [6, 6.07) is 27.7. The van der Waals surface area contributed by atoms with E-state index in [4.69, 9.17) is 9.72 Å². The number of hydrogen-bond acceptors (Lipinski definition) is 3. The van der Waals surface area contributed by atoms with Gasteiger partial charge in [0.25, 0.3) is 5.91 Å². The van der Waals surface area contributed by atoms with Crippen LogP contribution >= 0.6 is 0 Å². The minimum atomic E-state index is -0.159. The van der Waals surface area contributed by atoms with Crippen LogP contribution in [0.1, 0.15) is 21.5 Å². The van der Waals surface area contributed by atoms with E-state index in [0.29, 0.717) is 5.56 Å². The van der Waals surface area contributed by atoms with Gasteiger partial charge < -0.3 is 10.1 Å². The molecule has 0 unspecified atom stereocenters. The van der Waals surface area contributed by atoms with Crippen molar-refractivity contribution < 1.29 is 9.53 Å². The number of fused-ring (bicyclic) bond motifs is 2. The van der Waals surface area contributed by atoms with Crippen molar-refractivity contribution in [3.05, 3.63) is 102 Å². The Balaban J connectivity index is 1.67. The monoisotopic (exact) mass is 432 g/mol. The molecule has 0 fully saturated rings. The van der Waals surface area contributed by atoms with Crippen LogP contribution in [0.15, 0.2) is 84.9 Å². The predicted octanol–water partition coefficient (Wildman–Crippen LogP) is 6.93. The van der Waals surface area contributed by atoms with Crippen LogP contribution in [-0.4, -0.2) is 18.0 Å². The van der Waals surface area contributed by atoms with Crippen molar-refractivity contribution in [2.75, 3.05) is 12.4 Å². The second kappa shape index (κ2) is 8.40. The molecule has 4 aromatic carbocycles. The molecule has 0 saturated heterocycles. The van der Waals surface area contributed by atoms with Crippen LogP contribution in [0.5, 0.6) is 5.75 Å². The number of aryl methyl sites for hydroxylation is 2. The van der Waals surface area contributed by atoms with Gasteiger partial charge in [-0.05, 0) is 55.1 Å². The van der Waals surface area contributed by atoms with Crippen LogP contribution < -0.4 is 10.1 Å². The number of rotatable bonds is 4. The number of methoxy groups -OCH3 is 1. The summed E-state index contributed by atoms with van der Waals surface area (Å²) < 4.78 is 5.39. The number of amides is 1. The number of aromatic nitrogens is 1. The van der Waals surface area contributed by atoms with Crippen molar-refractivity contribution in [1.82, 2.24) is 4.98 Å². The van der Waals surface area contributed by atoms with Crippen molar-refractivity contribution in [2.45, 2.75) is 13.8 Å². The first kappa shape index (κ1) is 20.7. The number of pyridine rings is 1. The van der Waals surface area contributed by atoms with Crippen LogP contribution in [0.3, 0.4) is 0 Å². The summed E-state index contributed by atoms with van der Waals surface area (Å²) in [6.45, 7) is 4.07. The molecule has 33 heavy (non-hydrogen) atoms. The van der Waals surface area contributed by atoms with Crippen molar-refractivity contribution in [2.24, 2.45) is 0 Å². The number of nitrogens with one attached hydrogen (secondary N) is 1. The molecule has 5 aromatic rings.